The number of hydrogen-bond donors (Lipinski definition) is 0. The molecular weight excluding hydrogens is 283 g/mol. The fourth-order valence-corrected chi connectivity index (χ4v) is 2.62. The van der Waals surface area contributed by atoms with Crippen LogP contribution in [0.2, 0.25) is 0 Å². The summed E-state index contributed by atoms with van der Waals surface area (Å²) < 4.78 is 39.4. The van der Waals surface area contributed by atoms with Crippen LogP contribution >= 0.6 is 0 Å². The van der Waals surface area contributed by atoms with E-state index in [2.05, 4.69) is 5.10 Å². The number of rotatable bonds is 2. The van der Waals surface area contributed by atoms with Crippen molar-refractivity contribution in [3.8, 4) is 11.3 Å². The van der Waals surface area contributed by atoms with Gasteiger partial charge in [-0.25, -0.2) is 0 Å². The van der Waals surface area contributed by atoms with Crippen LogP contribution in [0.3, 0.4) is 0 Å². The average molecular weight is 295 g/mol. The molecule has 3 rings (SSSR count). The van der Waals surface area contributed by atoms with Crippen LogP contribution in [-0.4, -0.2) is 21.1 Å². The maximum Gasteiger partial charge on any atom is 0.416 e. The van der Waals surface area contributed by atoms with E-state index in [0.717, 1.165) is 35.5 Å². The summed E-state index contributed by atoms with van der Waals surface area (Å²) in [5, 5.41) is 4.33. The predicted octanol–water partition coefficient (Wildman–Crippen LogP) is 2.58. The first-order valence-corrected chi connectivity index (χ1v) is 6.32. The SMILES string of the molecule is Cn1nc2c(c1-c1ccc(C(F)(F)F)cc1)CN(C=O)C2. The molecule has 0 saturated heterocycles. The van der Waals surface area contributed by atoms with Crippen molar-refractivity contribution in [3.05, 3.63) is 41.1 Å². The molecular formula is C14H12F3N3O. The molecule has 7 heteroatoms. The molecule has 1 aromatic heterocycles. The molecule has 0 spiro atoms. The van der Waals surface area contributed by atoms with E-state index in [1.165, 1.54) is 12.1 Å². The molecule has 1 aliphatic rings. The van der Waals surface area contributed by atoms with E-state index in [1.54, 1.807) is 16.6 Å². The molecule has 0 unspecified atom stereocenters. The largest absolute Gasteiger partial charge is 0.416 e. The van der Waals surface area contributed by atoms with Gasteiger partial charge in [-0.05, 0) is 12.1 Å². The first kappa shape index (κ1) is 13.7. The van der Waals surface area contributed by atoms with Gasteiger partial charge in [0.25, 0.3) is 0 Å². The first-order chi connectivity index (χ1) is 9.90. The van der Waals surface area contributed by atoms with Gasteiger partial charge in [0.2, 0.25) is 6.41 Å². The Labute approximate surface area is 118 Å². The highest BCUT2D eigenvalue weighted by Crippen LogP contribution is 2.34. The summed E-state index contributed by atoms with van der Waals surface area (Å²) >= 11 is 0. The molecule has 4 nitrogen and oxygen atoms in total. The van der Waals surface area contributed by atoms with E-state index in [4.69, 9.17) is 0 Å². The summed E-state index contributed by atoms with van der Waals surface area (Å²) in [4.78, 5) is 12.4. The molecule has 0 saturated carbocycles. The van der Waals surface area contributed by atoms with Gasteiger partial charge in [-0.3, -0.25) is 9.48 Å². The topological polar surface area (TPSA) is 38.1 Å². The number of fused-ring (bicyclic) bond motifs is 1. The minimum absolute atomic E-state index is 0.434. The lowest BCUT2D eigenvalue weighted by Gasteiger charge is -2.11. The van der Waals surface area contributed by atoms with Gasteiger partial charge in [-0.1, -0.05) is 12.1 Å². The molecule has 2 aromatic rings. The van der Waals surface area contributed by atoms with Crippen molar-refractivity contribution in [2.45, 2.75) is 19.3 Å². The van der Waals surface area contributed by atoms with Gasteiger partial charge in [0.05, 0.1) is 23.5 Å². The zero-order chi connectivity index (χ0) is 15.2. The Morgan fingerprint density at radius 2 is 1.86 bits per heavy atom. The van der Waals surface area contributed by atoms with Crippen LogP contribution in [0.15, 0.2) is 24.3 Å². The summed E-state index contributed by atoms with van der Waals surface area (Å²) in [6, 6.07) is 4.98. The highest BCUT2D eigenvalue weighted by Gasteiger charge is 2.31. The van der Waals surface area contributed by atoms with Crippen molar-refractivity contribution in [1.82, 2.24) is 14.7 Å². The number of alkyl halides is 3. The fraction of sp³-hybridized carbons (Fsp3) is 0.286. The Balaban J connectivity index is 2.01. The second kappa shape index (κ2) is 4.61. The number of aromatic nitrogens is 2. The first-order valence-electron chi connectivity index (χ1n) is 6.32. The molecule has 0 radical (unpaired) electrons. The Kier molecular flexibility index (Phi) is 3.00. The van der Waals surface area contributed by atoms with Crippen molar-refractivity contribution in [1.29, 1.82) is 0 Å². The molecule has 21 heavy (non-hydrogen) atoms. The van der Waals surface area contributed by atoms with Crippen LogP contribution in [0, 0.1) is 0 Å². The predicted molar refractivity (Wildman–Crippen MR) is 69.0 cm³/mol. The standard InChI is InChI=1S/C14H12F3N3O/c1-19-13(11-6-20(8-21)7-12(11)18-19)9-2-4-10(5-3-9)14(15,16)17/h2-5,8H,6-7H2,1H3. The zero-order valence-corrected chi connectivity index (χ0v) is 11.2. The number of nitrogens with zero attached hydrogens (tertiary/aromatic N) is 3. The maximum atomic E-state index is 12.6. The van der Waals surface area contributed by atoms with Crippen molar-refractivity contribution in [2.75, 3.05) is 0 Å². The van der Waals surface area contributed by atoms with Crippen LogP contribution in [0.5, 0.6) is 0 Å². The number of aryl methyl sites for hydroxylation is 1. The van der Waals surface area contributed by atoms with E-state index in [9.17, 15) is 18.0 Å². The van der Waals surface area contributed by atoms with Gasteiger partial charge < -0.3 is 4.90 Å². The Bertz CT molecular complexity index is 689. The highest BCUT2D eigenvalue weighted by atomic mass is 19.4. The van der Waals surface area contributed by atoms with Crippen LogP contribution in [0.25, 0.3) is 11.3 Å². The third-order valence-corrected chi connectivity index (χ3v) is 3.58. The molecule has 0 atom stereocenters. The quantitative estimate of drug-likeness (QED) is 0.799. The van der Waals surface area contributed by atoms with Crippen molar-refractivity contribution < 1.29 is 18.0 Å². The van der Waals surface area contributed by atoms with E-state index < -0.39 is 11.7 Å². The number of carbonyl (C=O) groups excluding carboxylic acids is 1. The van der Waals surface area contributed by atoms with Gasteiger partial charge in [-0.2, -0.15) is 18.3 Å². The van der Waals surface area contributed by atoms with Crippen molar-refractivity contribution in [3.63, 3.8) is 0 Å². The molecule has 1 aliphatic heterocycles. The molecule has 110 valence electrons. The third-order valence-electron chi connectivity index (χ3n) is 3.58. The smallest absolute Gasteiger partial charge is 0.335 e. The Hall–Kier alpha value is -2.31. The van der Waals surface area contributed by atoms with E-state index in [1.807, 2.05) is 0 Å². The van der Waals surface area contributed by atoms with E-state index in [0.29, 0.717) is 18.7 Å². The number of carbonyl (C=O) groups is 1. The number of amides is 1. The van der Waals surface area contributed by atoms with Crippen LogP contribution in [0.1, 0.15) is 16.8 Å². The zero-order valence-electron chi connectivity index (χ0n) is 11.2. The lowest BCUT2D eigenvalue weighted by molar-refractivity contribution is -0.137. The van der Waals surface area contributed by atoms with Gasteiger partial charge in [0.15, 0.2) is 0 Å². The third kappa shape index (κ3) is 2.28. The number of hydrogen-bond acceptors (Lipinski definition) is 2. The number of benzene rings is 1. The number of halogens is 3. The maximum absolute atomic E-state index is 12.6. The van der Waals surface area contributed by atoms with Gasteiger partial charge >= 0.3 is 6.18 Å². The van der Waals surface area contributed by atoms with Gasteiger partial charge in [0, 0.05) is 24.7 Å². The molecule has 1 aromatic carbocycles. The van der Waals surface area contributed by atoms with Crippen LogP contribution in [-0.2, 0) is 31.1 Å². The average Bonchev–Trinajstić information content (AvgIpc) is 2.93. The second-order valence-corrected chi connectivity index (χ2v) is 4.98. The summed E-state index contributed by atoms with van der Waals surface area (Å²) in [5.41, 5.74) is 2.42. The Morgan fingerprint density at radius 1 is 1.19 bits per heavy atom. The van der Waals surface area contributed by atoms with Crippen molar-refractivity contribution in [2.24, 2.45) is 7.05 Å². The fourth-order valence-electron chi connectivity index (χ4n) is 2.62. The summed E-state index contributed by atoms with van der Waals surface area (Å²) in [5.74, 6) is 0. The highest BCUT2D eigenvalue weighted by molar-refractivity contribution is 5.67. The van der Waals surface area contributed by atoms with E-state index in [-0.39, 0.29) is 0 Å². The van der Waals surface area contributed by atoms with Gasteiger partial charge in [0.1, 0.15) is 0 Å². The summed E-state index contributed by atoms with van der Waals surface area (Å²) in [6.45, 7) is 0.871. The lowest BCUT2D eigenvalue weighted by Crippen LogP contribution is -2.14. The molecule has 0 bridgehead atoms. The molecule has 0 N–H and O–H groups in total. The van der Waals surface area contributed by atoms with Crippen LogP contribution in [0.4, 0.5) is 13.2 Å². The summed E-state index contributed by atoms with van der Waals surface area (Å²) in [7, 11) is 1.75. The molecule has 0 aliphatic carbocycles. The second-order valence-electron chi connectivity index (χ2n) is 4.98. The molecule has 0 fully saturated rings. The molecule has 2 heterocycles. The minimum Gasteiger partial charge on any atom is -0.335 e. The molecule has 1 amide bonds. The normalized spacial score (nSPS) is 14.4. The van der Waals surface area contributed by atoms with Crippen LogP contribution < -0.4 is 0 Å². The lowest BCUT2D eigenvalue weighted by atomic mass is 10.0. The minimum atomic E-state index is -4.35. The summed E-state index contributed by atoms with van der Waals surface area (Å²) in [6.07, 6.45) is -3.60. The Morgan fingerprint density at radius 3 is 2.43 bits per heavy atom. The van der Waals surface area contributed by atoms with Gasteiger partial charge in [-0.15, -0.1) is 0 Å². The monoisotopic (exact) mass is 295 g/mol. The van der Waals surface area contributed by atoms with Crippen molar-refractivity contribution >= 4 is 6.41 Å². The van der Waals surface area contributed by atoms with E-state index >= 15 is 0 Å².